The van der Waals surface area contributed by atoms with Crippen molar-refractivity contribution in [3.8, 4) is 12.3 Å². The second kappa shape index (κ2) is 7.14. The van der Waals surface area contributed by atoms with E-state index in [-0.39, 0.29) is 11.9 Å². The van der Waals surface area contributed by atoms with Crippen molar-refractivity contribution in [2.75, 3.05) is 0 Å². The van der Waals surface area contributed by atoms with E-state index in [9.17, 15) is 9.90 Å². The number of terminal acetylenes is 1. The Bertz CT molecular complexity index is 628. The van der Waals surface area contributed by atoms with Crippen molar-refractivity contribution < 1.29 is 9.90 Å². The highest BCUT2D eigenvalue weighted by molar-refractivity contribution is 5.76. The Labute approximate surface area is 141 Å². The highest BCUT2D eigenvalue weighted by Crippen LogP contribution is 2.37. The molecule has 1 aromatic heterocycles. The van der Waals surface area contributed by atoms with Crippen LogP contribution in [-0.4, -0.2) is 38.6 Å². The summed E-state index contributed by atoms with van der Waals surface area (Å²) in [5.74, 6) is 2.84. The zero-order valence-corrected chi connectivity index (χ0v) is 13.6. The molecule has 0 radical (unpaired) electrons. The molecule has 2 N–H and O–H groups in total. The molecule has 24 heavy (non-hydrogen) atoms. The van der Waals surface area contributed by atoms with Gasteiger partial charge in [-0.2, -0.15) is 15.3 Å². The number of aromatic nitrogens is 2. The Kier molecular flexibility index (Phi) is 4.95. The van der Waals surface area contributed by atoms with Gasteiger partial charge in [0, 0.05) is 44.6 Å². The van der Waals surface area contributed by atoms with Gasteiger partial charge in [0.2, 0.25) is 5.91 Å². The molecule has 1 saturated carbocycles. The molecule has 0 aromatic carbocycles. The fraction of sp³-hybridized carbons (Fsp3) is 0.647. The summed E-state index contributed by atoms with van der Waals surface area (Å²) < 4.78 is 1.87. The molecule has 1 unspecified atom stereocenters. The molecule has 0 spiro atoms. The lowest BCUT2D eigenvalue weighted by molar-refractivity contribution is -0.122. The second-order valence-corrected chi connectivity index (χ2v) is 6.69. The predicted molar refractivity (Wildman–Crippen MR) is 87.8 cm³/mol. The average molecular weight is 329 g/mol. The molecule has 1 aromatic rings. The SMILES string of the molecule is C#CCCC1(CCC(=O)N[C@@H]2CC(Cn3cccn3)C[C@H]2O)N=N1. The van der Waals surface area contributed by atoms with Gasteiger partial charge in [0.05, 0.1) is 12.1 Å². The average Bonchev–Trinajstić information content (AvgIpc) is 2.99. The predicted octanol–water partition coefficient (Wildman–Crippen LogP) is 1.49. The first-order valence-corrected chi connectivity index (χ1v) is 8.42. The summed E-state index contributed by atoms with van der Waals surface area (Å²) in [6, 6.07) is 1.70. The minimum absolute atomic E-state index is 0.0591. The van der Waals surface area contributed by atoms with Crippen molar-refractivity contribution in [3.05, 3.63) is 18.5 Å². The van der Waals surface area contributed by atoms with Crippen LogP contribution >= 0.6 is 0 Å². The van der Waals surface area contributed by atoms with Crippen LogP contribution in [0.1, 0.15) is 38.5 Å². The molecule has 128 valence electrons. The van der Waals surface area contributed by atoms with Gasteiger partial charge in [-0.05, 0) is 24.8 Å². The van der Waals surface area contributed by atoms with Gasteiger partial charge in [-0.25, -0.2) is 0 Å². The van der Waals surface area contributed by atoms with Gasteiger partial charge in [-0.15, -0.1) is 12.3 Å². The molecule has 1 aliphatic carbocycles. The number of nitrogens with zero attached hydrogens (tertiary/aromatic N) is 4. The first-order valence-electron chi connectivity index (χ1n) is 8.42. The van der Waals surface area contributed by atoms with Crippen molar-refractivity contribution in [2.24, 2.45) is 16.1 Å². The number of hydrogen-bond acceptors (Lipinski definition) is 5. The number of rotatable bonds is 8. The first-order chi connectivity index (χ1) is 11.6. The van der Waals surface area contributed by atoms with Crippen LogP contribution in [0.4, 0.5) is 0 Å². The molecular formula is C17H23N5O2. The maximum absolute atomic E-state index is 12.2. The fourth-order valence-electron chi connectivity index (χ4n) is 3.36. The van der Waals surface area contributed by atoms with E-state index < -0.39 is 11.8 Å². The summed E-state index contributed by atoms with van der Waals surface area (Å²) in [6.45, 7) is 0.767. The van der Waals surface area contributed by atoms with E-state index in [1.807, 2.05) is 16.9 Å². The van der Waals surface area contributed by atoms with Gasteiger partial charge in [0.15, 0.2) is 5.66 Å². The number of carbonyl (C=O) groups is 1. The third-order valence-electron chi connectivity index (χ3n) is 4.78. The Hall–Kier alpha value is -2.20. The molecule has 1 amide bonds. The van der Waals surface area contributed by atoms with Gasteiger partial charge >= 0.3 is 0 Å². The van der Waals surface area contributed by atoms with Gasteiger partial charge in [0.1, 0.15) is 0 Å². The molecular weight excluding hydrogens is 306 g/mol. The minimum atomic E-state index is -0.500. The Morgan fingerprint density at radius 3 is 2.92 bits per heavy atom. The molecule has 2 heterocycles. The van der Waals surface area contributed by atoms with Crippen LogP contribution in [0.15, 0.2) is 28.7 Å². The summed E-state index contributed by atoms with van der Waals surface area (Å²) in [4.78, 5) is 12.2. The minimum Gasteiger partial charge on any atom is -0.391 e. The largest absolute Gasteiger partial charge is 0.391 e. The van der Waals surface area contributed by atoms with Gasteiger partial charge in [-0.3, -0.25) is 9.48 Å². The standard InChI is InChI=1S/C17H23N5O2/c1-2-3-6-17(20-21-17)7-5-16(24)19-14-10-13(11-15(14)23)12-22-9-4-8-18-22/h1,4,8-9,13-15,23H,3,5-7,10-12H2,(H,19,24)/t13?,14-,15-/m1/s1. The number of nitrogens with one attached hydrogen (secondary N) is 1. The molecule has 3 rings (SSSR count). The van der Waals surface area contributed by atoms with Gasteiger partial charge < -0.3 is 10.4 Å². The van der Waals surface area contributed by atoms with E-state index in [0.717, 1.165) is 13.0 Å². The van der Waals surface area contributed by atoms with Crippen molar-refractivity contribution >= 4 is 5.91 Å². The molecule has 3 atom stereocenters. The van der Waals surface area contributed by atoms with Gasteiger partial charge in [0.25, 0.3) is 0 Å². The Morgan fingerprint density at radius 2 is 2.25 bits per heavy atom. The molecule has 7 nitrogen and oxygen atoms in total. The van der Waals surface area contributed by atoms with E-state index >= 15 is 0 Å². The summed E-state index contributed by atoms with van der Waals surface area (Å²) >= 11 is 0. The summed E-state index contributed by atoms with van der Waals surface area (Å²) in [6.07, 6.45) is 12.1. The molecule has 0 bridgehead atoms. The maximum atomic E-state index is 12.2. The van der Waals surface area contributed by atoms with E-state index in [4.69, 9.17) is 6.42 Å². The van der Waals surface area contributed by atoms with Crippen molar-refractivity contribution in [1.82, 2.24) is 15.1 Å². The van der Waals surface area contributed by atoms with Crippen LogP contribution in [0, 0.1) is 18.3 Å². The zero-order valence-electron chi connectivity index (χ0n) is 13.6. The fourth-order valence-corrected chi connectivity index (χ4v) is 3.36. The smallest absolute Gasteiger partial charge is 0.220 e. The molecule has 2 aliphatic rings. The lowest BCUT2D eigenvalue weighted by Crippen LogP contribution is -2.40. The van der Waals surface area contributed by atoms with Crippen LogP contribution in [0.3, 0.4) is 0 Å². The van der Waals surface area contributed by atoms with Gasteiger partial charge in [-0.1, -0.05) is 0 Å². The van der Waals surface area contributed by atoms with Crippen LogP contribution in [0.25, 0.3) is 0 Å². The monoisotopic (exact) mass is 329 g/mol. The highest BCUT2D eigenvalue weighted by Gasteiger charge is 2.40. The van der Waals surface area contributed by atoms with E-state index in [1.54, 1.807) is 6.20 Å². The van der Waals surface area contributed by atoms with Crippen molar-refractivity contribution in [2.45, 2.75) is 62.9 Å². The first kappa shape index (κ1) is 16.7. The highest BCUT2D eigenvalue weighted by atomic mass is 16.3. The topological polar surface area (TPSA) is 91.9 Å². The van der Waals surface area contributed by atoms with E-state index in [2.05, 4.69) is 26.6 Å². The third kappa shape index (κ3) is 4.20. The van der Waals surface area contributed by atoms with E-state index in [0.29, 0.717) is 38.0 Å². The molecule has 1 fully saturated rings. The van der Waals surface area contributed by atoms with Crippen LogP contribution < -0.4 is 5.32 Å². The molecule has 7 heteroatoms. The van der Waals surface area contributed by atoms with E-state index in [1.165, 1.54) is 0 Å². The number of hydrogen-bond donors (Lipinski definition) is 2. The Balaban J connectivity index is 1.41. The number of aliphatic hydroxyl groups is 1. The zero-order chi connectivity index (χ0) is 17.0. The van der Waals surface area contributed by atoms with Crippen LogP contribution in [0.2, 0.25) is 0 Å². The lowest BCUT2D eigenvalue weighted by atomic mass is 10.0. The van der Waals surface area contributed by atoms with Crippen molar-refractivity contribution in [3.63, 3.8) is 0 Å². The summed E-state index contributed by atoms with van der Waals surface area (Å²) in [5.41, 5.74) is -0.430. The number of amides is 1. The number of aliphatic hydroxyl groups excluding tert-OH is 1. The molecule has 0 saturated heterocycles. The maximum Gasteiger partial charge on any atom is 0.220 e. The van der Waals surface area contributed by atoms with Crippen LogP contribution in [-0.2, 0) is 11.3 Å². The lowest BCUT2D eigenvalue weighted by Gasteiger charge is -2.17. The van der Waals surface area contributed by atoms with Crippen LogP contribution in [0.5, 0.6) is 0 Å². The second-order valence-electron chi connectivity index (χ2n) is 6.69. The molecule has 1 aliphatic heterocycles. The summed E-state index contributed by atoms with van der Waals surface area (Å²) in [7, 11) is 0. The number of carbonyl (C=O) groups excluding carboxylic acids is 1. The normalized spacial score (nSPS) is 26.9. The quantitative estimate of drug-likeness (QED) is 0.708. The third-order valence-corrected chi connectivity index (χ3v) is 4.78. The summed E-state index contributed by atoms with van der Waals surface area (Å²) in [5, 5.41) is 25.4. The van der Waals surface area contributed by atoms with Crippen molar-refractivity contribution in [1.29, 1.82) is 0 Å². The Morgan fingerprint density at radius 1 is 1.42 bits per heavy atom.